The molecule has 3 atom stereocenters. The molecule has 2 aromatic rings. The van der Waals surface area contributed by atoms with Crippen LogP contribution in [-0.2, 0) is 19.1 Å². The molecule has 0 saturated heterocycles. The van der Waals surface area contributed by atoms with Gasteiger partial charge < -0.3 is 30.3 Å². The van der Waals surface area contributed by atoms with Crippen molar-refractivity contribution in [1.29, 1.82) is 0 Å². The zero-order valence-corrected chi connectivity index (χ0v) is 20.3. The van der Waals surface area contributed by atoms with Gasteiger partial charge in [-0.1, -0.05) is 48.5 Å². The summed E-state index contributed by atoms with van der Waals surface area (Å²) >= 11 is 0. The number of aliphatic hydroxyl groups is 1. The van der Waals surface area contributed by atoms with Gasteiger partial charge in [0.15, 0.2) is 0 Å². The molecule has 1 unspecified atom stereocenters. The van der Waals surface area contributed by atoms with Crippen LogP contribution in [0.25, 0.3) is 11.1 Å². The average Bonchev–Trinajstić information content (AvgIpc) is 3.11. The number of nitrogens with one attached hydrogen (secondary N) is 2. The summed E-state index contributed by atoms with van der Waals surface area (Å²) in [5.41, 5.74) is 3.64. The van der Waals surface area contributed by atoms with Crippen LogP contribution in [0.2, 0.25) is 0 Å². The Labute approximate surface area is 204 Å². The summed E-state index contributed by atoms with van der Waals surface area (Å²) in [5, 5.41) is 23.1. The van der Waals surface area contributed by atoms with Gasteiger partial charge in [0.1, 0.15) is 18.7 Å². The third-order valence-corrected chi connectivity index (χ3v) is 5.71. The van der Waals surface area contributed by atoms with Crippen LogP contribution in [0.1, 0.15) is 44.7 Å². The van der Waals surface area contributed by atoms with Gasteiger partial charge in [0, 0.05) is 5.92 Å². The van der Waals surface area contributed by atoms with Crippen molar-refractivity contribution in [3.8, 4) is 11.1 Å². The number of rotatable bonds is 9. The van der Waals surface area contributed by atoms with Crippen LogP contribution in [-0.4, -0.2) is 65.2 Å². The van der Waals surface area contributed by atoms with Gasteiger partial charge in [0.25, 0.3) is 0 Å². The van der Waals surface area contributed by atoms with Gasteiger partial charge in [-0.2, -0.15) is 0 Å². The molecule has 0 heterocycles. The molecule has 0 fully saturated rings. The van der Waals surface area contributed by atoms with E-state index >= 15 is 0 Å². The number of aliphatic carboxylic acids is 1. The molecule has 9 heteroatoms. The second-order valence-electron chi connectivity index (χ2n) is 9.46. The lowest BCUT2D eigenvalue weighted by atomic mass is 9.98. The third-order valence-electron chi connectivity index (χ3n) is 5.71. The maximum atomic E-state index is 12.8. The quantitative estimate of drug-likeness (QED) is 0.430. The van der Waals surface area contributed by atoms with E-state index in [1.807, 2.05) is 48.5 Å². The van der Waals surface area contributed by atoms with Gasteiger partial charge in [-0.05, 0) is 49.9 Å². The first kappa shape index (κ1) is 26.2. The fourth-order valence-electron chi connectivity index (χ4n) is 4.24. The minimum Gasteiger partial charge on any atom is -0.480 e. The second kappa shape index (κ2) is 10.9. The smallest absolute Gasteiger partial charge is 0.407 e. The highest BCUT2D eigenvalue weighted by Crippen LogP contribution is 2.44. The predicted octanol–water partition coefficient (Wildman–Crippen LogP) is 2.66. The van der Waals surface area contributed by atoms with Crippen molar-refractivity contribution in [2.24, 2.45) is 0 Å². The summed E-state index contributed by atoms with van der Waals surface area (Å²) in [6, 6.07) is 13.1. The monoisotopic (exact) mass is 484 g/mol. The Morgan fingerprint density at radius 1 is 0.971 bits per heavy atom. The van der Waals surface area contributed by atoms with E-state index in [1.54, 1.807) is 27.7 Å². The molecule has 2 aromatic carbocycles. The number of carbonyl (C=O) groups excluding carboxylic acids is 2. The minimum absolute atomic E-state index is 0.0527. The fourth-order valence-corrected chi connectivity index (χ4v) is 4.24. The normalized spacial score (nSPS) is 15.3. The first-order valence-electron chi connectivity index (χ1n) is 11.4. The molecule has 1 aliphatic carbocycles. The first-order chi connectivity index (χ1) is 16.5. The zero-order valence-electron chi connectivity index (χ0n) is 20.3. The van der Waals surface area contributed by atoms with Crippen LogP contribution < -0.4 is 10.6 Å². The number of carboxylic acid groups (broad SMARTS) is 1. The van der Waals surface area contributed by atoms with Crippen molar-refractivity contribution in [1.82, 2.24) is 10.6 Å². The molecule has 0 aliphatic heterocycles. The Morgan fingerprint density at radius 2 is 1.51 bits per heavy atom. The van der Waals surface area contributed by atoms with Crippen molar-refractivity contribution in [2.45, 2.75) is 57.4 Å². The highest BCUT2D eigenvalue weighted by atomic mass is 16.6. The maximum absolute atomic E-state index is 12.8. The zero-order chi connectivity index (χ0) is 25.8. The summed E-state index contributed by atoms with van der Waals surface area (Å²) in [5.74, 6) is -2.36. The fraction of sp³-hybridized carbons (Fsp3) is 0.423. The van der Waals surface area contributed by atoms with E-state index in [1.165, 1.54) is 0 Å². The topological polar surface area (TPSA) is 134 Å². The second-order valence-corrected chi connectivity index (χ2v) is 9.46. The Kier molecular flexibility index (Phi) is 8.14. The number of carbonyl (C=O) groups is 3. The molecule has 1 aliphatic rings. The van der Waals surface area contributed by atoms with Crippen molar-refractivity contribution in [3.05, 3.63) is 59.7 Å². The van der Waals surface area contributed by atoms with E-state index in [-0.39, 0.29) is 12.5 Å². The summed E-state index contributed by atoms with van der Waals surface area (Å²) in [4.78, 5) is 36.8. The summed E-state index contributed by atoms with van der Waals surface area (Å²) < 4.78 is 11.4. The van der Waals surface area contributed by atoms with Gasteiger partial charge in [-0.25, -0.2) is 9.59 Å². The Morgan fingerprint density at radius 3 is 2.00 bits per heavy atom. The average molecular weight is 485 g/mol. The number of fused-ring (bicyclic) bond motifs is 3. The molecule has 9 nitrogen and oxygen atoms in total. The number of hydrogen-bond donors (Lipinski definition) is 4. The number of alkyl carbamates (subject to hydrolysis) is 1. The number of benzene rings is 2. The number of amides is 2. The summed E-state index contributed by atoms with van der Waals surface area (Å²) in [6.45, 7) is 6.22. The third kappa shape index (κ3) is 6.37. The maximum Gasteiger partial charge on any atom is 0.407 e. The Balaban J connectivity index is 1.73. The molecule has 0 bridgehead atoms. The van der Waals surface area contributed by atoms with Crippen molar-refractivity contribution >= 4 is 18.0 Å². The van der Waals surface area contributed by atoms with Crippen LogP contribution in [0.4, 0.5) is 4.79 Å². The lowest BCUT2D eigenvalue weighted by molar-refractivity contribution is -0.144. The van der Waals surface area contributed by atoms with Crippen LogP contribution >= 0.6 is 0 Å². The first-order valence-corrected chi connectivity index (χ1v) is 11.4. The van der Waals surface area contributed by atoms with Crippen LogP contribution in [0.15, 0.2) is 48.5 Å². The molecule has 4 N–H and O–H groups in total. The summed E-state index contributed by atoms with van der Waals surface area (Å²) in [7, 11) is 0. The molecular weight excluding hydrogens is 452 g/mol. The molecule has 0 aromatic heterocycles. The molecule has 2 amide bonds. The van der Waals surface area contributed by atoms with Gasteiger partial charge in [-0.3, -0.25) is 4.79 Å². The summed E-state index contributed by atoms with van der Waals surface area (Å²) in [6.07, 6.45) is -1.66. The number of carboxylic acids is 1. The Bertz CT molecular complexity index is 1030. The van der Waals surface area contributed by atoms with Crippen molar-refractivity contribution < 1.29 is 34.1 Å². The Hall–Kier alpha value is -3.43. The number of aliphatic hydroxyl groups excluding tert-OH is 1. The molecule has 35 heavy (non-hydrogen) atoms. The predicted molar refractivity (Wildman–Crippen MR) is 129 cm³/mol. The largest absolute Gasteiger partial charge is 0.480 e. The van der Waals surface area contributed by atoms with E-state index in [2.05, 4.69) is 10.6 Å². The standard InChI is InChI=1S/C26H32N2O7/c1-15(35-26(2,3)4)22(23(30)27-21(13-29)24(31)32)28-25(33)34-14-20-18-11-7-5-9-16(18)17-10-6-8-12-19(17)20/h5-12,15,20-22,29H,13-14H2,1-4H3,(H,27,30)(H,28,33)(H,31,32)/t15-,21?,22+/m1/s1. The van der Waals surface area contributed by atoms with E-state index < -0.39 is 48.4 Å². The lowest BCUT2D eigenvalue weighted by Gasteiger charge is -2.31. The molecule has 188 valence electrons. The van der Waals surface area contributed by atoms with Gasteiger partial charge in [-0.15, -0.1) is 0 Å². The van der Waals surface area contributed by atoms with E-state index in [0.29, 0.717) is 0 Å². The molecule has 0 radical (unpaired) electrons. The number of ether oxygens (including phenoxy) is 2. The van der Waals surface area contributed by atoms with Crippen molar-refractivity contribution in [3.63, 3.8) is 0 Å². The lowest BCUT2D eigenvalue weighted by Crippen LogP contribution is -2.57. The molecule has 0 spiro atoms. The van der Waals surface area contributed by atoms with E-state index in [0.717, 1.165) is 22.3 Å². The van der Waals surface area contributed by atoms with Gasteiger partial charge in [0.2, 0.25) is 5.91 Å². The van der Waals surface area contributed by atoms with E-state index in [9.17, 15) is 19.5 Å². The molecular formula is C26H32N2O7. The van der Waals surface area contributed by atoms with E-state index in [4.69, 9.17) is 14.6 Å². The SMILES string of the molecule is C[C@@H](OC(C)(C)C)[C@H](NC(=O)OCC1c2ccccc2-c2ccccc21)C(=O)NC(CO)C(=O)O. The van der Waals surface area contributed by atoms with Gasteiger partial charge in [0.05, 0.1) is 18.3 Å². The van der Waals surface area contributed by atoms with Crippen LogP contribution in [0.5, 0.6) is 0 Å². The van der Waals surface area contributed by atoms with Crippen LogP contribution in [0.3, 0.4) is 0 Å². The molecule has 0 saturated carbocycles. The van der Waals surface area contributed by atoms with Gasteiger partial charge >= 0.3 is 12.1 Å². The number of hydrogen-bond acceptors (Lipinski definition) is 6. The van der Waals surface area contributed by atoms with Crippen molar-refractivity contribution in [2.75, 3.05) is 13.2 Å². The highest BCUT2D eigenvalue weighted by molar-refractivity contribution is 5.89. The minimum atomic E-state index is -1.52. The van der Waals surface area contributed by atoms with Crippen LogP contribution in [0, 0.1) is 0 Å². The molecule has 3 rings (SSSR count). The highest BCUT2D eigenvalue weighted by Gasteiger charge is 2.34.